The van der Waals surface area contributed by atoms with Gasteiger partial charge in [-0.3, -0.25) is 0 Å². The van der Waals surface area contributed by atoms with Crippen molar-refractivity contribution in [1.82, 2.24) is 0 Å². The van der Waals surface area contributed by atoms with Crippen LogP contribution in [-0.4, -0.2) is 7.05 Å². The summed E-state index contributed by atoms with van der Waals surface area (Å²) in [4.78, 5) is 1.41. The highest BCUT2D eigenvalue weighted by molar-refractivity contribution is 5.69. The van der Waals surface area contributed by atoms with E-state index in [4.69, 9.17) is 11.0 Å². The van der Waals surface area contributed by atoms with Crippen LogP contribution in [0.3, 0.4) is 0 Å². The van der Waals surface area contributed by atoms with Crippen molar-refractivity contribution in [3.63, 3.8) is 0 Å². The van der Waals surface area contributed by atoms with Crippen molar-refractivity contribution in [2.24, 2.45) is 0 Å². The number of halogens is 3. The Kier molecular flexibility index (Phi) is 3.76. The topological polar surface area (TPSA) is 53.0 Å². The van der Waals surface area contributed by atoms with Gasteiger partial charge >= 0.3 is 6.18 Å². The fraction of sp³-hybridized carbons (Fsp3) is 0.133. The van der Waals surface area contributed by atoms with E-state index in [1.807, 2.05) is 6.07 Å². The highest BCUT2D eigenvalue weighted by Crippen LogP contribution is 2.39. The van der Waals surface area contributed by atoms with Crippen LogP contribution in [0.15, 0.2) is 42.5 Å². The molecule has 3 nitrogen and oxygen atoms in total. The number of nitrogens with zero attached hydrogens (tertiary/aromatic N) is 2. The van der Waals surface area contributed by atoms with Crippen molar-refractivity contribution >= 4 is 17.1 Å². The third kappa shape index (κ3) is 3.08. The smallest absolute Gasteiger partial charge is 0.399 e. The van der Waals surface area contributed by atoms with Crippen LogP contribution >= 0.6 is 0 Å². The number of anilines is 3. The van der Waals surface area contributed by atoms with Gasteiger partial charge in [0, 0.05) is 18.4 Å². The number of alkyl halides is 3. The maximum atomic E-state index is 13.1. The lowest BCUT2D eigenvalue weighted by atomic mass is 10.1. The first kappa shape index (κ1) is 14.7. The summed E-state index contributed by atoms with van der Waals surface area (Å²) in [6, 6.07) is 11.9. The lowest BCUT2D eigenvalue weighted by Crippen LogP contribution is -2.17. The molecule has 0 spiro atoms. The van der Waals surface area contributed by atoms with Crippen LogP contribution in [0.4, 0.5) is 30.2 Å². The Morgan fingerprint density at radius 1 is 1.10 bits per heavy atom. The van der Waals surface area contributed by atoms with Crippen molar-refractivity contribution < 1.29 is 13.2 Å². The summed E-state index contributed by atoms with van der Waals surface area (Å²) in [5.41, 5.74) is 5.70. The largest absolute Gasteiger partial charge is 0.418 e. The molecule has 2 N–H and O–H groups in total. The fourth-order valence-electron chi connectivity index (χ4n) is 1.97. The van der Waals surface area contributed by atoms with Crippen molar-refractivity contribution in [2.75, 3.05) is 17.7 Å². The summed E-state index contributed by atoms with van der Waals surface area (Å²) in [6.07, 6.45) is -4.49. The molecule has 6 heteroatoms. The average molecular weight is 291 g/mol. The zero-order valence-corrected chi connectivity index (χ0v) is 11.1. The molecule has 0 saturated heterocycles. The molecule has 0 heterocycles. The zero-order valence-electron chi connectivity index (χ0n) is 11.1. The Morgan fingerprint density at radius 2 is 1.71 bits per heavy atom. The number of hydrogen-bond acceptors (Lipinski definition) is 3. The fourth-order valence-corrected chi connectivity index (χ4v) is 1.97. The minimum Gasteiger partial charge on any atom is -0.399 e. The monoisotopic (exact) mass is 291 g/mol. The Balaban J connectivity index is 2.47. The van der Waals surface area contributed by atoms with Crippen molar-refractivity contribution in [3.05, 3.63) is 53.6 Å². The number of benzene rings is 2. The minimum absolute atomic E-state index is 0.00130. The SMILES string of the molecule is CN(c1ccc(C#N)cc1)c1ccc(N)cc1C(F)(F)F. The standard InChI is InChI=1S/C15H12F3N3/c1-21(12-5-2-10(9-19)3-6-12)14-7-4-11(20)8-13(14)15(16,17)18/h2-8H,20H2,1H3. The molecule has 0 fully saturated rings. The van der Waals surface area contributed by atoms with Gasteiger partial charge in [0.2, 0.25) is 0 Å². The summed E-state index contributed by atoms with van der Waals surface area (Å²) in [5.74, 6) is 0. The van der Waals surface area contributed by atoms with Gasteiger partial charge in [-0.25, -0.2) is 0 Å². The second kappa shape index (κ2) is 5.37. The Morgan fingerprint density at radius 3 is 2.24 bits per heavy atom. The molecule has 0 aliphatic rings. The molecule has 0 saturated carbocycles. The molecule has 0 aliphatic heterocycles. The molecule has 0 atom stereocenters. The molecule has 108 valence electrons. The number of nitriles is 1. The maximum Gasteiger partial charge on any atom is 0.418 e. The molecule has 0 amide bonds. The molecule has 0 aliphatic carbocycles. The first-order valence-electron chi connectivity index (χ1n) is 6.03. The van der Waals surface area contributed by atoms with Crippen LogP contribution in [0, 0.1) is 11.3 Å². The Labute approximate surface area is 120 Å². The van der Waals surface area contributed by atoms with Gasteiger partial charge in [-0.15, -0.1) is 0 Å². The van der Waals surface area contributed by atoms with Gasteiger partial charge in [0.1, 0.15) is 0 Å². The van der Waals surface area contributed by atoms with Crippen molar-refractivity contribution in [3.8, 4) is 6.07 Å². The van der Waals surface area contributed by atoms with Crippen LogP contribution in [0.1, 0.15) is 11.1 Å². The maximum absolute atomic E-state index is 13.1. The summed E-state index contributed by atoms with van der Waals surface area (Å²) in [6.45, 7) is 0. The molecule has 0 radical (unpaired) electrons. The second-order valence-electron chi connectivity index (χ2n) is 4.49. The number of nitrogen functional groups attached to an aromatic ring is 1. The Bertz CT molecular complexity index is 685. The van der Waals surface area contributed by atoms with Gasteiger partial charge in [-0.1, -0.05) is 0 Å². The van der Waals surface area contributed by atoms with Crippen LogP contribution < -0.4 is 10.6 Å². The normalized spacial score (nSPS) is 11.0. The quantitative estimate of drug-likeness (QED) is 0.853. The molecule has 21 heavy (non-hydrogen) atoms. The number of nitrogens with two attached hydrogens (primary N) is 1. The van der Waals surface area contributed by atoms with Crippen molar-refractivity contribution in [2.45, 2.75) is 6.18 Å². The van der Waals surface area contributed by atoms with E-state index in [1.165, 1.54) is 24.1 Å². The number of rotatable bonds is 2. The molecule has 2 rings (SSSR count). The van der Waals surface area contributed by atoms with Gasteiger partial charge in [0.05, 0.1) is 22.9 Å². The van der Waals surface area contributed by atoms with E-state index in [0.717, 1.165) is 6.07 Å². The third-order valence-corrected chi connectivity index (χ3v) is 3.07. The predicted octanol–water partition coefficient (Wildman–Crippen LogP) is 3.93. The molecule has 2 aromatic rings. The van der Waals surface area contributed by atoms with Crippen molar-refractivity contribution in [1.29, 1.82) is 5.26 Å². The van der Waals surface area contributed by atoms with Crippen LogP contribution in [0.5, 0.6) is 0 Å². The van der Waals surface area contributed by atoms with Crippen LogP contribution in [0.2, 0.25) is 0 Å². The minimum atomic E-state index is -4.49. The van der Waals surface area contributed by atoms with Gasteiger partial charge in [0.25, 0.3) is 0 Å². The van der Waals surface area contributed by atoms with Crippen LogP contribution in [-0.2, 0) is 6.18 Å². The highest BCUT2D eigenvalue weighted by atomic mass is 19.4. The van der Waals surface area contributed by atoms with E-state index >= 15 is 0 Å². The highest BCUT2D eigenvalue weighted by Gasteiger charge is 2.34. The summed E-state index contributed by atoms with van der Waals surface area (Å²) in [7, 11) is 1.53. The summed E-state index contributed by atoms with van der Waals surface area (Å²) >= 11 is 0. The summed E-state index contributed by atoms with van der Waals surface area (Å²) in [5, 5.41) is 8.74. The molecule has 0 aromatic heterocycles. The summed E-state index contributed by atoms with van der Waals surface area (Å²) < 4.78 is 39.3. The van der Waals surface area contributed by atoms with E-state index in [1.54, 1.807) is 24.3 Å². The van der Waals surface area contributed by atoms with E-state index in [2.05, 4.69) is 0 Å². The van der Waals surface area contributed by atoms with Crippen LogP contribution in [0.25, 0.3) is 0 Å². The van der Waals surface area contributed by atoms with Gasteiger partial charge in [-0.2, -0.15) is 18.4 Å². The third-order valence-electron chi connectivity index (χ3n) is 3.07. The molecular weight excluding hydrogens is 279 g/mol. The van der Waals surface area contributed by atoms with Gasteiger partial charge < -0.3 is 10.6 Å². The van der Waals surface area contributed by atoms with E-state index < -0.39 is 11.7 Å². The van der Waals surface area contributed by atoms with E-state index in [-0.39, 0.29) is 11.4 Å². The zero-order chi connectivity index (χ0) is 15.6. The molecular formula is C15H12F3N3. The first-order chi connectivity index (χ1) is 9.82. The predicted molar refractivity (Wildman–Crippen MR) is 75.1 cm³/mol. The molecule has 0 unspecified atom stereocenters. The van der Waals surface area contributed by atoms with Gasteiger partial charge in [-0.05, 0) is 42.5 Å². The van der Waals surface area contributed by atoms with E-state index in [0.29, 0.717) is 11.3 Å². The first-order valence-corrected chi connectivity index (χ1v) is 6.03. The lowest BCUT2D eigenvalue weighted by molar-refractivity contribution is -0.137. The van der Waals surface area contributed by atoms with E-state index in [9.17, 15) is 13.2 Å². The average Bonchev–Trinajstić information content (AvgIpc) is 2.45. The van der Waals surface area contributed by atoms with Gasteiger partial charge in [0.15, 0.2) is 0 Å². The second-order valence-corrected chi connectivity index (χ2v) is 4.49. The Hall–Kier alpha value is -2.68. The molecule has 2 aromatic carbocycles. The molecule has 0 bridgehead atoms. The number of hydrogen-bond donors (Lipinski definition) is 1. The lowest BCUT2D eigenvalue weighted by Gasteiger charge is -2.24.